The quantitative estimate of drug-likeness (QED) is 0.651. The Hall–Kier alpha value is -1.26. The van der Waals surface area contributed by atoms with Crippen LogP contribution in [0.4, 0.5) is 0 Å². The van der Waals surface area contributed by atoms with Crippen molar-refractivity contribution in [2.45, 2.75) is 13.0 Å². The molecule has 0 aliphatic heterocycles. The van der Waals surface area contributed by atoms with Crippen LogP contribution < -0.4 is 14.8 Å². The van der Waals surface area contributed by atoms with Crippen LogP contribution in [-0.2, 0) is 6.54 Å². The van der Waals surface area contributed by atoms with Gasteiger partial charge < -0.3 is 19.9 Å². The molecule has 16 heavy (non-hydrogen) atoms. The summed E-state index contributed by atoms with van der Waals surface area (Å²) in [7, 11) is 3.32. The van der Waals surface area contributed by atoms with E-state index in [-0.39, 0.29) is 6.61 Å². The molecule has 0 saturated carbocycles. The number of ether oxygens (including phenoxy) is 2. The standard InChI is InChI=1S/C12H19NO3/c1-15-11-4-5-12(16-2)10(8-11)9-13-6-3-7-14/h4-5,8,13-14H,3,6-7,9H2,1-2H3/p+1. The summed E-state index contributed by atoms with van der Waals surface area (Å²) in [4.78, 5) is 0. The van der Waals surface area contributed by atoms with Crippen LogP contribution in [0.15, 0.2) is 18.2 Å². The second-order valence-corrected chi connectivity index (χ2v) is 3.54. The molecule has 0 fully saturated rings. The smallest absolute Gasteiger partial charge is 0.127 e. The van der Waals surface area contributed by atoms with E-state index in [9.17, 15) is 0 Å². The van der Waals surface area contributed by atoms with E-state index in [1.165, 1.54) is 0 Å². The number of nitrogens with two attached hydrogens (primary N) is 1. The summed E-state index contributed by atoms with van der Waals surface area (Å²) in [5, 5.41) is 10.8. The second kappa shape index (κ2) is 7.09. The number of aliphatic hydroxyl groups excluding tert-OH is 1. The fourth-order valence-corrected chi connectivity index (χ4v) is 1.53. The predicted molar refractivity (Wildman–Crippen MR) is 61.7 cm³/mol. The maximum Gasteiger partial charge on any atom is 0.127 e. The summed E-state index contributed by atoms with van der Waals surface area (Å²) < 4.78 is 10.4. The Bertz CT molecular complexity index is 315. The van der Waals surface area contributed by atoms with Crippen LogP contribution in [0.2, 0.25) is 0 Å². The molecule has 0 atom stereocenters. The van der Waals surface area contributed by atoms with Crippen molar-refractivity contribution in [3.63, 3.8) is 0 Å². The van der Waals surface area contributed by atoms with Crippen LogP contribution in [-0.4, -0.2) is 32.5 Å². The number of benzene rings is 1. The van der Waals surface area contributed by atoms with E-state index in [4.69, 9.17) is 14.6 Å². The van der Waals surface area contributed by atoms with E-state index in [1.54, 1.807) is 14.2 Å². The van der Waals surface area contributed by atoms with Gasteiger partial charge in [0.05, 0.1) is 26.3 Å². The highest BCUT2D eigenvalue weighted by atomic mass is 16.5. The van der Waals surface area contributed by atoms with Crippen molar-refractivity contribution >= 4 is 0 Å². The molecule has 1 rings (SSSR count). The van der Waals surface area contributed by atoms with Crippen molar-refractivity contribution < 1.29 is 19.9 Å². The summed E-state index contributed by atoms with van der Waals surface area (Å²) in [6.07, 6.45) is 0.812. The van der Waals surface area contributed by atoms with Crippen LogP contribution in [0.3, 0.4) is 0 Å². The number of hydrogen-bond acceptors (Lipinski definition) is 3. The first-order valence-corrected chi connectivity index (χ1v) is 5.45. The monoisotopic (exact) mass is 226 g/mol. The number of aliphatic hydroxyl groups is 1. The van der Waals surface area contributed by atoms with Gasteiger partial charge >= 0.3 is 0 Å². The van der Waals surface area contributed by atoms with Gasteiger partial charge in [0.15, 0.2) is 0 Å². The van der Waals surface area contributed by atoms with E-state index < -0.39 is 0 Å². The minimum absolute atomic E-state index is 0.242. The zero-order valence-corrected chi connectivity index (χ0v) is 9.90. The zero-order chi connectivity index (χ0) is 11.8. The highest BCUT2D eigenvalue weighted by Crippen LogP contribution is 2.22. The van der Waals surface area contributed by atoms with Crippen molar-refractivity contribution in [1.29, 1.82) is 0 Å². The van der Waals surface area contributed by atoms with E-state index in [0.717, 1.165) is 36.6 Å². The maximum absolute atomic E-state index is 8.68. The molecule has 90 valence electrons. The summed E-state index contributed by atoms with van der Waals surface area (Å²) in [6.45, 7) is 1.99. The lowest BCUT2D eigenvalue weighted by Gasteiger charge is -2.09. The van der Waals surface area contributed by atoms with Gasteiger partial charge in [-0.1, -0.05) is 0 Å². The van der Waals surface area contributed by atoms with Crippen LogP contribution in [0.1, 0.15) is 12.0 Å². The van der Waals surface area contributed by atoms with Gasteiger partial charge in [0, 0.05) is 13.0 Å². The summed E-state index contributed by atoms with van der Waals surface area (Å²) in [5.74, 6) is 1.72. The minimum Gasteiger partial charge on any atom is -0.497 e. The average Bonchev–Trinajstić information content (AvgIpc) is 2.34. The Kier molecular flexibility index (Phi) is 5.67. The fraction of sp³-hybridized carbons (Fsp3) is 0.500. The number of methoxy groups -OCH3 is 2. The van der Waals surface area contributed by atoms with Gasteiger partial charge in [0.25, 0.3) is 0 Å². The molecule has 0 aliphatic rings. The van der Waals surface area contributed by atoms with Crippen LogP contribution in [0.5, 0.6) is 11.5 Å². The molecule has 4 heteroatoms. The first kappa shape index (κ1) is 12.8. The molecule has 1 aromatic carbocycles. The Morgan fingerprint density at radius 3 is 2.69 bits per heavy atom. The van der Waals surface area contributed by atoms with Gasteiger partial charge in [-0.25, -0.2) is 0 Å². The maximum atomic E-state index is 8.68. The normalized spacial score (nSPS) is 10.2. The summed E-state index contributed by atoms with van der Waals surface area (Å²) in [6, 6.07) is 5.78. The van der Waals surface area contributed by atoms with Crippen molar-refractivity contribution in [2.24, 2.45) is 0 Å². The predicted octanol–water partition coefficient (Wildman–Crippen LogP) is 0.150. The van der Waals surface area contributed by atoms with Crippen molar-refractivity contribution in [1.82, 2.24) is 0 Å². The summed E-state index contributed by atoms with van der Waals surface area (Å²) >= 11 is 0. The minimum atomic E-state index is 0.242. The third kappa shape index (κ3) is 3.72. The Labute approximate surface area is 96.2 Å². The summed E-state index contributed by atoms with van der Waals surface area (Å²) in [5.41, 5.74) is 1.11. The number of rotatable bonds is 7. The van der Waals surface area contributed by atoms with Gasteiger partial charge in [-0.2, -0.15) is 0 Å². The molecule has 0 spiro atoms. The van der Waals surface area contributed by atoms with Gasteiger partial charge in [-0.15, -0.1) is 0 Å². The SMILES string of the molecule is COc1ccc(OC)c(C[NH2+]CCCO)c1. The Balaban J connectivity index is 2.60. The fourth-order valence-electron chi connectivity index (χ4n) is 1.53. The molecule has 3 N–H and O–H groups in total. The molecule has 0 aromatic heterocycles. The molecular formula is C12H20NO3+. The first-order valence-electron chi connectivity index (χ1n) is 5.45. The highest BCUT2D eigenvalue weighted by Gasteiger charge is 2.06. The van der Waals surface area contributed by atoms with Gasteiger partial charge in [-0.05, 0) is 18.2 Å². The third-order valence-corrected chi connectivity index (χ3v) is 2.42. The van der Waals surface area contributed by atoms with E-state index in [2.05, 4.69) is 5.32 Å². The van der Waals surface area contributed by atoms with E-state index in [1.807, 2.05) is 18.2 Å². The van der Waals surface area contributed by atoms with Gasteiger partial charge in [0.2, 0.25) is 0 Å². The third-order valence-electron chi connectivity index (χ3n) is 2.42. The highest BCUT2D eigenvalue weighted by molar-refractivity contribution is 5.39. The number of quaternary nitrogens is 1. The lowest BCUT2D eigenvalue weighted by atomic mass is 10.2. The van der Waals surface area contributed by atoms with Crippen LogP contribution in [0.25, 0.3) is 0 Å². The Morgan fingerprint density at radius 1 is 1.25 bits per heavy atom. The van der Waals surface area contributed by atoms with E-state index >= 15 is 0 Å². The molecule has 4 nitrogen and oxygen atoms in total. The molecule has 0 bridgehead atoms. The molecule has 0 heterocycles. The van der Waals surface area contributed by atoms with Crippen LogP contribution >= 0.6 is 0 Å². The number of hydrogen-bond donors (Lipinski definition) is 2. The van der Waals surface area contributed by atoms with Gasteiger partial charge in [-0.3, -0.25) is 0 Å². The molecular weight excluding hydrogens is 206 g/mol. The largest absolute Gasteiger partial charge is 0.497 e. The average molecular weight is 226 g/mol. The van der Waals surface area contributed by atoms with Crippen molar-refractivity contribution in [3.8, 4) is 11.5 Å². The van der Waals surface area contributed by atoms with Crippen molar-refractivity contribution in [2.75, 3.05) is 27.4 Å². The van der Waals surface area contributed by atoms with E-state index in [0.29, 0.717) is 0 Å². The Morgan fingerprint density at radius 2 is 2.06 bits per heavy atom. The lowest BCUT2D eigenvalue weighted by molar-refractivity contribution is -0.671. The zero-order valence-electron chi connectivity index (χ0n) is 9.90. The molecule has 0 saturated heterocycles. The second-order valence-electron chi connectivity index (χ2n) is 3.54. The lowest BCUT2D eigenvalue weighted by Crippen LogP contribution is -2.82. The molecule has 0 radical (unpaired) electrons. The molecule has 0 aliphatic carbocycles. The molecule has 1 aromatic rings. The topological polar surface area (TPSA) is 55.3 Å². The van der Waals surface area contributed by atoms with Crippen LogP contribution in [0, 0.1) is 0 Å². The first-order chi connectivity index (χ1) is 7.81. The van der Waals surface area contributed by atoms with Crippen molar-refractivity contribution in [3.05, 3.63) is 23.8 Å². The molecule has 0 amide bonds. The van der Waals surface area contributed by atoms with Gasteiger partial charge in [0.1, 0.15) is 18.0 Å². The molecule has 0 unspecified atom stereocenters.